The smallest absolute Gasteiger partial charge is 0.336 e. The number of hydrogen-bond donors (Lipinski definition) is 1. The number of alkyl halides is 1. The Balaban J connectivity index is 1.96. The minimum atomic E-state index is -0.972. The Bertz CT molecular complexity index is 1060. The molecule has 0 fully saturated rings. The van der Waals surface area contributed by atoms with Gasteiger partial charge in [0.25, 0.3) is 0 Å². The first-order valence-corrected chi connectivity index (χ1v) is 9.80. The zero-order valence-corrected chi connectivity index (χ0v) is 16.7. The second kappa shape index (κ2) is 8.90. The van der Waals surface area contributed by atoms with E-state index in [1.54, 1.807) is 28.8 Å². The molecule has 0 saturated carbocycles. The SMILES string of the molecule is CCCc1c(CF)n(CC)c(=O)n1Cc1ccc(-c2ccccc2C(=O)O)cc1. The fourth-order valence-electron chi connectivity index (χ4n) is 3.74. The number of imidazole rings is 1. The van der Waals surface area contributed by atoms with E-state index in [1.807, 2.05) is 38.1 Å². The van der Waals surface area contributed by atoms with Crippen LogP contribution in [0.5, 0.6) is 0 Å². The monoisotopic (exact) mass is 396 g/mol. The molecule has 0 atom stereocenters. The van der Waals surface area contributed by atoms with Crippen molar-refractivity contribution in [2.24, 2.45) is 0 Å². The second-order valence-corrected chi connectivity index (χ2v) is 6.94. The number of carbonyl (C=O) groups is 1. The highest BCUT2D eigenvalue weighted by molar-refractivity contribution is 5.95. The molecule has 5 nitrogen and oxygen atoms in total. The van der Waals surface area contributed by atoms with Crippen LogP contribution in [0.25, 0.3) is 11.1 Å². The maximum absolute atomic E-state index is 13.6. The molecule has 0 unspecified atom stereocenters. The first-order valence-electron chi connectivity index (χ1n) is 9.80. The maximum Gasteiger partial charge on any atom is 0.336 e. The van der Waals surface area contributed by atoms with Gasteiger partial charge in [0.05, 0.1) is 17.8 Å². The number of carboxylic acids is 1. The molecule has 0 aliphatic heterocycles. The topological polar surface area (TPSA) is 64.2 Å². The average Bonchev–Trinajstić information content (AvgIpc) is 2.99. The highest BCUT2D eigenvalue weighted by Gasteiger charge is 2.18. The zero-order chi connectivity index (χ0) is 21.0. The molecule has 0 radical (unpaired) electrons. The third-order valence-electron chi connectivity index (χ3n) is 5.14. The zero-order valence-electron chi connectivity index (χ0n) is 16.7. The maximum atomic E-state index is 13.6. The molecular formula is C23H25FN2O3. The minimum absolute atomic E-state index is 0.191. The Kier molecular flexibility index (Phi) is 6.32. The second-order valence-electron chi connectivity index (χ2n) is 6.94. The molecule has 0 amide bonds. The van der Waals surface area contributed by atoms with Crippen LogP contribution in [0.4, 0.5) is 4.39 Å². The van der Waals surface area contributed by atoms with Crippen LogP contribution >= 0.6 is 0 Å². The van der Waals surface area contributed by atoms with Crippen molar-refractivity contribution >= 4 is 5.97 Å². The summed E-state index contributed by atoms with van der Waals surface area (Å²) in [6.45, 7) is 3.99. The Labute approximate surface area is 169 Å². The normalized spacial score (nSPS) is 11.0. The van der Waals surface area contributed by atoms with Gasteiger partial charge in [0.1, 0.15) is 6.67 Å². The summed E-state index contributed by atoms with van der Waals surface area (Å²) in [7, 11) is 0. The summed E-state index contributed by atoms with van der Waals surface area (Å²) >= 11 is 0. The van der Waals surface area contributed by atoms with Gasteiger partial charge in [0.2, 0.25) is 0 Å². The first kappa shape index (κ1) is 20.6. The van der Waals surface area contributed by atoms with Crippen LogP contribution in [0.2, 0.25) is 0 Å². The van der Waals surface area contributed by atoms with Gasteiger partial charge in [-0.05, 0) is 36.1 Å². The standard InChI is InChI=1S/C23H25FN2O3/c1-3-7-20-21(14-24)25(4-2)23(29)26(20)15-16-10-12-17(13-11-16)18-8-5-6-9-19(18)22(27)28/h5-6,8-13H,3-4,7,14-15H2,1-2H3,(H,27,28). The first-order chi connectivity index (χ1) is 14.0. The van der Waals surface area contributed by atoms with Crippen LogP contribution in [0.3, 0.4) is 0 Å². The molecule has 1 heterocycles. The van der Waals surface area contributed by atoms with Gasteiger partial charge in [0.15, 0.2) is 0 Å². The van der Waals surface area contributed by atoms with Crippen LogP contribution in [-0.2, 0) is 26.2 Å². The number of carboxylic acid groups (broad SMARTS) is 1. The molecular weight excluding hydrogens is 371 g/mol. The predicted molar refractivity (Wildman–Crippen MR) is 111 cm³/mol. The van der Waals surface area contributed by atoms with Gasteiger partial charge >= 0.3 is 11.7 Å². The summed E-state index contributed by atoms with van der Waals surface area (Å²) < 4.78 is 16.8. The molecule has 3 rings (SSSR count). The molecule has 2 aromatic carbocycles. The predicted octanol–water partition coefficient (Wildman–Crippen LogP) is 4.51. The van der Waals surface area contributed by atoms with Gasteiger partial charge in [-0.2, -0.15) is 0 Å². The van der Waals surface area contributed by atoms with Crippen molar-refractivity contribution in [3.05, 3.63) is 81.5 Å². The van der Waals surface area contributed by atoms with Gasteiger partial charge in [-0.3, -0.25) is 9.13 Å². The quantitative estimate of drug-likeness (QED) is 0.609. The third-order valence-corrected chi connectivity index (χ3v) is 5.14. The van der Waals surface area contributed by atoms with E-state index < -0.39 is 12.6 Å². The van der Waals surface area contributed by atoms with Gasteiger partial charge in [-0.15, -0.1) is 0 Å². The lowest BCUT2D eigenvalue weighted by molar-refractivity contribution is 0.0697. The van der Waals surface area contributed by atoms with Gasteiger partial charge < -0.3 is 5.11 Å². The van der Waals surface area contributed by atoms with E-state index in [0.29, 0.717) is 30.8 Å². The van der Waals surface area contributed by atoms with E-state index in [9.17, 15) is 19.1 Å². The fraction of sp³-hybridized carbons (Fsp3) is 0.304. The van der Waals surface area contributed by atoms with Gasteiger partial charge in [0, 0.05) is 12.2 Å². The van der Waals surface area contributed by atoms with Crippen molar-refractivity contribution in [3.63, 3.8) is 0 Å². The van der Waals surface area contributed by atoms with Crippen LogP contribution in [0.15, 0.2) is 53.3 Å². The van der Waals surface area contributed by atoms with Crippen molar-refractivity contribution < 1.29 is 14.3 Å². The number of aromatic carboxylic acids is 1. The van der Waals surface area contributed by atoms with E-state index >= 15 is 0 Å². The van der Waals surface area contributed by atoms with Gasteiger partial charge in [-0.25, -0.2) is 14.0 Å². The molecule has 29 heavy (non-hydrogen) atoms. The van der Waals surface area contributed by atoms with Crippen molar-refractivity contribution in [2.75, 3.05) is 0 Å². The summed E-state index contributed by atoms with van der Waals surface area (Å²) in [6, 6.07) is 14.3. The van der Waals surface area contributed by atoms with E-state index in [-0.39, 0.29) is 11.3 Å². The summed E-state index contributed by atoms with van der Waals surface area (Å²) in [5.74, 6) is -0.972. The molecule has 0 spiro atoms. The van der Waals surface area contributed by atoms with Crippen molar-refractivity contribution in [2.45, 2.75) is 46.5 Å². The van der Waals surface area contributed by atoms with Crippen LogP contribution in [-0.4, -0.2) is 20.2 Å². The lowest BCUT2D eigenvalue weighted by Crippen LogP contribution is -2.25. The Hall–Kier alpha value is -3.15. The van der Waals surface area contributed by atoms with Crippen LogP contribution in [0, 0.1) is 0 Å². The number of aromatic nitrogens is 2. The summed E-state index contributed by atoms with van der Waals surface area (Å²) in [6.07, 6.45) is 1.47. The molecule has 0 saturated heterocycles. The summed E-state index contributed by atoms with van der Waals surface area (Å²) in [4.78, 5) is 24.2. The molecule has 152 valence electrons. The molecule has 0 bridgehead atoms. The Morgan fingerprint density at radius 2 is 1.69 bits per heavy atom. The van der Waals surface area contributed by atoms with Crippen LogP contribution < -0.4 is 5.69 Å². The lowest BCUT2D eigenvalue weighted by Gasteiger charge is -2.10. The van der Waals surface area contributed by atoms with E-state index in [4.69, 9.17) is 0 Å². The van der Waals surface area contributed by atoms with Crippen LogP contribution in [0.1, 0.15) is 47.6 Å². The van der Waals surface area contributed by atoms with E-state index in [0.717, 1.165) is 23.2 Å². The molecule has 0 aliphatic rings. The number of hydrogen-bond acceptors (Lipinski definition) is 2. The number of nitrogens with zero attached hydrogens (tertiary/aromatic N) is 2. The third kappa shape index (κ3) is 4.01. The van der Waals surface area contributed by atoms with E-state index in [2.05, 4.69) is 0 Å². The van der Waals surface area contributed by atoms with Crippen molar-refractivity contribution in [1.29, 1.82) is 0 Å². The van der Waals surface area contributed by atoms with Crippen molar-refractivity contribution in [3.8, 4) is 11.1 Å². The average molecular weight is 396 g/mol. The molecule has 6 heteroatoms. The highest BCUT2D eigenvalue weighted by atomic mass is 19.1. The summed E-state index contributed by atoms with van der Waals surface area (Å²) in [5, 5.41) is 9.39. The Morgan fingerprint density at radius 3 is 2.28 bits per heavy atom. The molecule has 3 aromatic rings. The molecule has 1 aromatic heterocycles. The van der Waals surface area contributed by atoms with Gasteiger partial charge in [-0.1, -0.05) is 55.8 Å². The number of halogens is 1. The fourth-order valence-corrected chi connectivity index (χ4v) is 3.74. The number of rotatable bonds is 8. The Morgan fingerprint density at radius 1 is 1.00 bits per heavy atom. The van der Waals surface area contributed by atoms with E-state index in [1.165, 1.54) is 4.57 Å². The molecule has 0 aliphatic carbocycles. The summed E-state index contributed by atoms with van der Waals surface area (Å²) in [5.41, 5.74) is 3.61. The largest absolute Gasteiger partial charge is 0.478 e. The minimum Gasteiger partial charge on any atom is -0.478 e. The van der Waals surface area contributed by atoms with Crippen molar-refractivity contribution in [1.82, 2.24) is 9.13 Å². The highest BCUT2D eigenvalue weighted by Crippen LogP contribution is 2.24. The molecule has 1 N–H and O–H groups in total. The number of benzene rings is 2. The lowest BCUT2D eigenvalue weighted by atomic mass is 9.99.